The van der Waals surface area contributed by atoms with Gasteiger partial charge in [-0.1, -0.05) is 0 Å². The van der Waals surface area contributed by atoms with Crippen LogP contribution in [0.25, 0.3) is 0 Å². The number of aryl methyl sites for hydroxylation is 2. The van der Waals surface area contributed by atoms with Crippen LogP contribution in [0.5, 0.6) is 0 Å². The Kier molecular flexibility index (Phi) is 1.52. The van der Waals surface area contributed by atoms with E-state index in [-0.39, 0.29) is 0 Å². The second-order valence-corrected chi connectivity index (χ2v) is 4.37. The summed E-state index contributed by atoms with van der Waals surface area (Å²) >= 11 is 0. The molecule has 0 saturated heterocycles. The predicted octanol–water partition coefficient (Wildman–Crippen LogP) is 2.77. The number of fused-ring (bicyclic) bond motifs is 2. The molecule has 0 fully saturated rings. The molecule has 0 amide bonds. The average molecular weight is 171 g/mol. The van der Waals surface area contributed by atoms with E-state index in [1.807, 2.05) is 0 Å². The second kappa shape index (κ2) is 2.60. The van der Waals surface area contributed by atoms with Crippen LogP contribution in [0.4, 0.5) is 0 Å². The lowest BCUT2D eigenvalue weighted by atomic mass is 9.95. The zero-order valence-electron chi connectivity index (χ0n) is 8.24. The average Bonchev–Trinajstić information content (AvgIpc) is 2.71. The maximum atomic E-state index is 3.65. The zero-order valence-corrected chi connectivity index (χ0v) is 8.24. The number of hydrogen-bond acceptors (Lipinski definition) is 0. The lowest BCUT2D eigenvalue weighted by Gasteiger charge is -2.09. The van der Waals surface area contributed by atoms with Crippen LogP contribution >= 0.6 is 0 Å². The first-order valence-corrected chi connectivity index (χ1v) is 5.41. The minimum absolute atomic E-state index is 1.28. The van der Waals surface area contributed by atoms with E-state index < -0.39 is 0 Å². The molecule has 1 aromatic carbocycles. The third kappa shape index (κ3) is 0.979. The Hall–Kier alpha value is -0.780. The first kappa shape index (κ1) is 7.61. The molecule has 0 unspecified atom stereocenters. The van der Waals surface area contributed by atoms with E-state index in [1.165, 1.54) is 49.7 Å². The molecule has 2 aliphatic carbocycles. The van der Waals surface area contributed by atoms with Crippen LogP contribution in [0.3, 0.4) is 0 Å². The monoisotopic (exact) mass is 171 g/mol. The molecular weight excluding hydrogens is 156 g/mol. The maximum Gasteiger partial charge on any atom is -0.0108 e. The molecule has 1 radical (unpaired) electrons. The summed E-state index contributed by atoms with van der Waals surface area (Å²) in [6.45, 7) is 2.32. The highest BCUT2D eigenvalue weighted by molar-refractivity contribution is 5.48. The zero-order chi connectivity index (χ0) is 8.84. The Balaban J connectivity index is 2.26. The largest absolute Gasteiger partial charge is 0.0451 e. The van der Waals surface area contributed by atoms with Crippen LogP contribution < -0.4 is 0 Å². The molecule has 67 valence electrons. The first-order valence-electron chi connectivity index (χ1n) is 5.41. The van der Waals surface area contributed by atoms with Gasteiger partial charge < -0.3 is 0 Å². The van der Waals surface area contributed by atoms with Crippen LogP contribution in [-0.2, 0) is 25.7 Å². The number of rotatable bonds is 0. The van der Waals surface area contributed by atoms with Gasteiger partial charge in [0.2, 0.25) is 0 Å². The van der Waals surface area contributed by atoms with Crippen molar-refractivity contribution in [3.05, 3.63) is 33.9 Å². The summed E-state index contributed by atoms with van der Waals surface area (Å²) in [7, 11) is 0. The van der Waals surface area contributed by atoms with Gasteiger partial charge in [0.1, 0.15) is 0 Å². The van der Waals surface area contributed by atoms with Gasteiger partial charge in [-0.05, 0) is 79.3 Å². The van der Waals surface area contributed by atoms with Crippen molar-refractivity contribution in [2.24, 2.45) is 0 Å². The Labute approximate surface area is 80.0 Å². The predicted molar refractivity (Wildman–Crippen MR) is 54.1 cm³/mol. The quantitative estimate of drug-likeness (QED) is 0.563. The summed E-state index contributed by atoms with van der Waals surface area (Å²) in [5.41, 5.74) is 7.97. The van der Waals surface area contributed by atoms with Crippen molar-refractivity contribution in [1.82, 2.24) is 0 Å². The summed E-state index contributed by atoms with van der Waals surface area (Å²) < 4.78 is 0. The topological polar surface area (TPSA) is 0 Å². The van der Waals surface area contributed by atoms with E-state index >= 15 is 0 Å². The van der Waals surface area contributed by atoms with Gasteiger partial charge >= 0.3 is 0 Å². The van der Waals surface area contributed by atoms with Gasteiger partial charge in [-0.15, -0.1) is 0 Å². The molecule has 0 heteroatoms. The Morgan fingerprint density at radius 2 is 1.38 bits per heavy atom. The summed E-state index contributed by atoms with van der Waals surface area (Å²) in [5.74, 6) is 0. The Bertz CT molecular complexity index is 329. The second-order valence-electron chi connectivity index (χ2n) is 4.37. The smallest absolute Gasteiger partial charge is 0.0108 e. The van der Waals surface area contributed by atoms with Crippen LogP contribution in [0.2, 0.25) is 0 Å². The number of hydrogen-bond donors (Lipinski definition) is 0. The molecule has 2 aliphatic rings. The van der Waals surface area contributed by atoms with Crippen LogP contribution in [0, 0.1) is 13.0 Å². The van der Waals surface area contributed by atoms with Gasteiger partial charge in [-0.2, -0.15) is 0 Å². The van der Waals surface area contributed by atoms with Crippen LogP contribution in [-0.4, -0.2) is 0 Å². The molecule has 0 nitrogen and oxygen atoms in total. The minimum atomic E-state index is 1.28. The van der Waals surface area contributed by atoms with Crippen molar-refractivity contribution in [1.29, 1.82) is 0 Å². The van der Waals surface area contributed by atoms with Crippen molar-refractivity contribution < 1.29 is 0 Å². The van der Waals surface area contributed by atoms with Crippen LogP contribution in [0.1, 0.15) is 40.7 Å². The molecule has 0 bridgehead atoms. The van der Waals surface area contributed by atoms with Crippen molar-refractivity contribution in [2.75, 3.05) is 0 Å². The van der Waals surface area contributed by atoms with E-state index in [2.05, 4.69) is 13.0 Å². The van der Waals surface area contributed by atoms with Gasteiger partial charge in [0.25, 0.3) is 0 Å². The fraction of sp³-hybridized carbons (Fsp3) is 0.538. The minimum Gasteiger partial charge on any atom is -0.0451 e. The summed E-state index contributed by atoms with van der Waals surface area (Å²) in [6, 6.07) is 3.65. The van der Waals surface area contributed by atoms with Gasteiger partial charge in [0.05, 0.1) is 0 Å². The lowest BCUT2D eigenvalue weighted by Crippen LogP contribution is -1.95. The van der Waals surface area contributed by atoms with Gasteiger partial charge in [-0.25, -0.2) is 0 Å². The van der Waals surface area contributed by atoms with E-state index in [4.69, 9.17) is 0 Å². The van der Waals surface area contributed by atoms with E-state index in [0.29, 0.717) is 0 Å². The fourth-order valence-electron chi connectivity index (χ4n) is 2.96. The van der Waals surface area contributed by atoms with Gasteiger partial charge in [-0.3, -0.25) is 0 Å². The molecular formula is C13H15. The molecule has 0 heterocycles. The van der Waals surface area contributed by atoms with E-state index in [9.17, 15) is 0 Å². The van der Waals surface area contributed by atoms with E-state index in [1.54, 1.807) is 16.7 Å². The summed E-state index contributed by atoms with van der Waals surface area (Å²) in [5, 5.41) is 0. The number of benzene rings is 1. The molecule has 3 rings (SSSR count). The Morgan fingerprint density at radius 1 is 0.846 bits per heavy atom. The SMILES string of the molecule is Cc1c2c([c]c3c1CCC3)CCC2. The molecule has 1 aromatic rings. The highest BCUT2D eigenvalue weighted by Crippen LogP contribution is 2.33. The Morgan fingerprint density at radius 3 is 1.92 bits per heavy atom. The fourth-order valence-corrected chi connectivity index (χ4v) is 2.96. The summed E-state index contributed by atoms with van der Waals surface area (Å²) in [6.07, 6.45) is 7.90. The van der Waals surface area contributed by atoms with Crippen LogP contribution in [0.15, 0.2) is 0 Å². The van der Waals surface area contributed by atoms with Gasteiger partial charge in [0.15, 0.2) is 0 Å². The third-order valence-corrected chi connectivity index (χ3v) is 3.64. The third-order valence-electron chi connectivity index (χ3n) is 3.64. The molecule has 0 N–H and O–H groups in total. The lowest BCUT2D eigenvalue weighted by molar-refractivity contribution is 0.892. The van der Waals surface area contributed by atoms with Crippen molar-refractivity contribution in [3.8, 4) is 0 Å². The van der Waals surface area contributed by atoms with E-state index in [0.717, 1.165) is 0 Å². The van der Waals surface area contributed by atoms with Crippen molar-refractivity contribution >= 4 is 0 Å². The summed E-state index contributed by atoms with van der Waals surface area (Å²) in [4.78, 5) is 0. The highest BCUT2D eigenvalue weighted by Gasteiger charge is 2.21. The molecule has 0 atom stereocenters. The van der Waals surface area contributed by atoms with Crippen molar-refractivity contribution in [2.45, 2.75) is 45.4 Å². The van der Waals surface area contributed by atoms with Gasteiger partial charge in [0, 0.05) is 0 Å². The molecule has 13 heavy (non-hydrogen) atoms. The van der Waals surface area contributed by atoms with Crippen molar-refractivity contribution in [3.63, 3.8) is 0 Å². The normalized spacial score (nSPS) is 18.8. The first-order chi connectivity index (χ1) is 6.36. The molecule has 0 spiro atoms. The maximum absolute atomic E-state index is 3.65. The standard InChI is InChI=1S/C13H15/c1-9-12-6-2-4-10(12)8-11-5-3-7-13(9)11/h2-7H2,1H3. The highest BCUT2D eigenvalue weighted by atomic mass is 14.3. The molecule has 0 aromatic heterocycles. The molecule has 0 aliphatic heterocycles. The molecule has 0 saturated carbocycles.